The summed E-state index contributed by atoms with van der Waals surface area (Å²) in [6, 6.07) is 59.2. The fourth-order valence-corrected chi connectivity index (χ4v) is 10.9. The molecule has 0 unspecified atom stereocenters. The molecule has 2 aromatic heterocycles. The fraction of sp³-hybridized carbons (Fsp3) is 0.0678. The molecule has 13 rings (SSSR count). The van der Waals surface area contributed by atoms with Gasteiger partial charge in [0.2, 0.25) is 6.71 Å². The molecule has 0 saturated heterocycles. The predicted molar refractivity (Wildman–Crippen MR) is 272 cm³/mol. The maximum absolute atomic E-state index is 5.31. The molecular weight excluding hydrogens is 761 g/mol. The Morgan fingerprint density at radius 3 is 2.14 bits per heavy atom. The topological polar surface area (TPSA) is 29.9 Å². The third-order valence-corrected chi connectivity index (χ3v) is 13.9. The van der Waals surface area contributed by atoms with Gasteiger partial charge in [-0.25, -0.2) is 0 Å². The first-order valence-electron chi connectivity index (χ1n) is 22.0. The molecular formula is C59H42BN3. The van der Waals surface area contributed by atoms with E-state index in [1.807, 2.05) is 12.2 Å². The molecule has 2 bridgehead atoms. The van der Waals surface area contributed by atoms with Gasteiger partial charge in [0.1, 0.15) is 0 Å². The lowest BCUT2D eigenvalue weighted by Gasteiger charge is -2.31. The lowest BCUT2D eigenvalue weighted by Crippen LogP contribution is -2.56. The second-order valence-electron chi connectivity index (χ2n) is 18.4. The first-order chi connectivity index (χ1) is 30.8. The summed E-state index contributed by atoms with van der Waals surface area (Å²) in [5.41, 5.74) is 16.5. The van der Waals surface area contributed by atoms with Gasteiger partial charge in [0, 0.05) is 44.9 Å². The number of aromatic nitrogens is 2. The van der Waals surface area contributed by atoms with Gasteiger partial charge in [-0.05, 0) is 101 Å². The van der Waals surface area contributed by atoms with Crippen LogP contribution in [0.1, 0.15) is 31.9 Å². The average molecular weight is 804 g/mol. The van der Waals surface area contributed by atoms with E-state index in [2.05, 4.69) is 207 Å². The van der Waals surface area contributed by atoms with E-state index in [0.717, 1.165) is 33.6 Å². The van der Waals surface area contributed by atoms with Crippen molar-refractivity contribution in [3.8, 4) is 28.1 Å². The monoisotopic (exact) mass is 803 g/mol. The van der Waals surface area contributed by atoms with E-state index in [4.69, 9.17) is 4.98 Å². The normalized spacial score (nSPS) is 13.1. The summed E-state index contributed by atoms with van der Waals surface area (Å²) < 4.78 is 2.60. The van der Waals surface area contributed by atoms with Crippen molar-refractivity contribution < 1.29 is 0 Å². The minimum Gasteiger partial charge on any atom is -0.355 e. The van der Waals surface area contributed by atoms with E-state index in [1.54, 1.807) is 0 Å². The van der Waals surface area contributed by atoms with Crippen LogP contribution in [0, 0.1) is 0 Å². The summed E-state index contributed by atoms with van der Waals surface area (Å²) in [5, 5.41) is 16.5. The quantitative estimate of drug-likeness (QED) is 0.142. The smallest absolute Gasteiger partial charge is 0.249 e. The Bertz CT molecular complexity index is 3840. The highest BCUT2D eigenvalue weighted by molar-refractivity contribution is 6.99. The summed E-state index contributed by atoms with van der Waals surface area (Å²) in [5.74, 6) is 0. The molecule has 0 radical (unpaired) electrons. The summed E-state index contributed by atoms with van der Waals surface area (Å²) in [7, 11) is 0. The van der Waals surface area contributed by atoms with Gasteiger partial charge in [-0.2, -0.15) is 0 Å². The van der Waals surface area contributed by atoms with Gasteiger partial charge in [-0.1, -0.05) is 178 Å². The fourth-order valence-electron chi connectivity index (χ4n) is 10.9. The number of nitrogens with zero attached hydrogens (tertiary/aromatic N) is 2. The van der Waals surface area contributed by atoms with Crippen molar-refractivity contribution in [1.29, 1.82) is 0 Å². The van der Waals surface area contributed by atoms with Crippen LogP contribution < -0.4 is 21.7 Å². The molecule has 3 nitrogen and oxygen atoms in total. The Hall–Kier alpha value is -7.69. The minimum absolute atomic E-state index is 0.0199. The molecule has 0 amide bonds. The number of allylic oxidation sites excluding steroid dienone is 2. The number of hydrogen-bond donors (Lipinski definition) is 1. The van der Waals surface area contributed by atoms with Gasteiger partial charge in [0.25, 0.3) is 0 Å². The van der Waals surface area contributed by atoms with E-state index >= 15 is 0 Å². The van der Waals surface area contributed by atoms with Crippen LogP contribution in [0.5, 0.6) is 0 Å². The summed E-state index contributed by atoms with van der Waals surface area (Å²) in [4.78, 5) is 5.31. The molecule has 0 fully saturated rings. The lowest BCUT2D eigenvalue weighted by atomic mass is 9.34. The van der Waals surface area contributed by atoms with Crippen molar-refractivity contribution in [2.45, 2.75) is 26.2 Å². The zero-order valence-electron chi connectivity index (χ0n) is 35.5. The van der Waals surface area contributed by atoms with Crippen molar-refractivity contribution in [2.75, 3.05) is 5.32 Å². The van der Waals surface area contributed by atoms with Gasteiger partial charge in [-0.3, -0.25) is 4.98 Å². The van der Waals surface area contributed by atoms with E-state index in [1.165, 1.54) is 98.3 Å². The van der Waals surface area contributed by atoms with Crippen LogP contribution in [0.2, 0.25) is 0 Å². The second-order valence-corrected chi connectivity index (χ2v) is 18.4. The second kappa shape index (κ2) is 13.2. The Kier molecular flexibility index (Phi) is 7.52. The molecule has 0 spiro atoms. The lowest BCUT2D eigenvalue weighted by molar-refractivity contribution is 0.591. The van der Waals surface area contributed by atoms with Crippen LogP contribution in [-0.4, -0.2) is 16.3 Å². The largest absolute Gasteiger partial charge is 0.355 e. The number of nitrogens with one attached hydrogen (secondary N) is 1. The molecule has 4 heterocycles. The molecule has 4 heteroatoms. The third kappa shape index (κ3) is 5.19. The SMILES string of the molecule is C=C/C=C\c1ccc2cc1-c1c(ccc3ccccc13)Nc1ccc(-c3cc4cc(C(C)(C)C)ccc4cn3)c3c1B2c1cc2ccccc2c2c4c5ccccc5ccc4n-3c12. The van der Waals surface area contributed by atoms with E-state index < -0.39 is 0 Å². The van der Waals surface area contributed by atoms with Crippen LogP contribution in [-0.2, 0) is 5.41 Å². The maximum Gasteiger partial charge on any atom is 0.249 e. The Morgan fingerprint density at radius 1 is 0.619 bits per heavy atom. The first-order valence-corrected chi connectivity index (χ1v) is 22.0. The van der Waals surface area contributed by atoms with Gasteiger partial charge in [-0.15, -0.1) is 0 Å². The van der Waals surface area contributed by atoms with Crippen LogP contribution in [0.15, 0.2) is 183 Å². The van der Waals surface area contributed by atoms with Crippen LogP contribution in [0.25, 0.3) is 99.0 Å². The Balaban J connectivity index is 1.23. The van der Waals surface area contributed by atoms with E-state index in [0.29, 0.717) is 0 Å². The predicted octanol–water partition coefficient (Wildman–Crippen LogP) is 13.5. The zero-order valence-corrected chi connectivity index (χ0v) is 35.5. The van der Waals surface area contributed by atoms with Gasteiger partial charge >= 0.3 is 0 Å². The van der Waals surface area contributed by atoms with Crippen molar-refractivity contribution in [3.05, 3.63) is 194 Å². The summed E-state index contributed by atoms with van der Waals surface area (Å²) in [6.45, 7) is 10.8. The van der Waals surface area contributed by atoms with Crippen LogP contribution >= 0.6 is 0 Å². The first kappa shape index (κ1) is 36.0. The van der Waals surface area contributed by atoms with Gasteiger partial charge in [0.15, 0.2) is 0 Å². The van der Waals surface area contributed by atoms with Crippen LogP contribution in [0.4, 0.5) is 11.4 Å². The molecule has 0 saturated carbocycles. The number of fused-ring (bicyclic) bond motifs is 17. The Morgan fingerprint density at radius 2 is 1.33 bits per heavy atom. The molecule has 63 heavy (non-hydrogen) atoms. The highest BCUT2D eigenvalue weighted by atomic mass is 15.0. The molecule has 1 N–H and O–H groups in total. The maximum atomic E-state index is 5.31. The average Bonchev–Trinajstić information content (AvgIpc) is 3.68. The number of rotatable bonds is 3. The Labute approximate surface area is 366 Å². The van der Waals surface area contributed by atoms with Crippen molar-refractivity contribution >= 4 is 105 Å². The summed E-state index contributed by atoms with van der Waals surface area (Å²) >= 11 is 0. The molecule has 2 aliphatic heterocycles. The highest BCUT2D eigenvalue weighted by Gasteiger charge is 2.39. The number of hydrogen-bond acceptors (Lipinski definition) is 2. The molecule has 0 atom stereocenters. The summed E-state index contributed by atoms with van der Waals surface area (Å²) in [6.07, 6.45) is 8.17. The number of anilines is 2. The molecule has 11 aromatic rings. The van der Waals surface area contributed by atoms with Crippen molar-refractivity contribution in [1.82, 2.24) is 9.55 Å². The van der Waals surface area contributed by atoms with Crippen molar-refractivity contribution in [3.63, 3.8) is 0 Å². The standard InChI is InChI=1S/C59H42BN3/c1-5-6-13-37-21-25-42-33-47(37)53-43-17-10-7-14-35(43)22-27-49(53)62-50-28-26-46(51-32-40-30-41(59(2,3)4)24-20-39(40)34-61-51)57-56(50)60(42)48-31-38-16-9-12-19-45(38)55-54-44-18-11-8-15-36(44)23-29-52(54)63(57)58(48)55/h5-34,62H,1H2,2-4H3/b13-6-. The number of benzene rings is 9. The van der Waals surface area contributed by atoms with Gasteiger partial charge in [0.05, 0.1) is 22.4 Å². The van der Waals surface area contributed by atoms with Crippen LogP contribution in [0.3, 0.4) is 0 Å². The third-order valence-electron chi connectivity index (χ3n) is 13.9. The van der Waals surface area contributed by atoms with Gasteiger partial charge < -0.3 is 9.88 Å². The molecule has 9 aromatic carbocycles. The van der Waals surface area contributed by atoms with E-state index in [-0.39, 0.29) is 12.1 Å². The van der Waals surface area contributed by atoms with E-state index in [9.17, 15) is 0 Å². The zero-order chi connectivity index (χ0) is 42.1. The highest BCUT2D eigenvalue weighted by Crippen LogP contribution is 2.46. The van der Waals surface area contributed by atoms with Crippen molar-refractivity contribution in [2.24, 2.45) is 0 Å². The molecule has 0 aliphatic carbocycles. The minimum atomic E-state index is -0.109. The number of pyridine rings is 1. The molecule has 2 aliphatic rings. The molecule has 296 valence electrons.